The number of H-pyrrole nitrogens is 1. The van der Waals surface area contributed by atoms with Crippen molar-refractivity contribution in [1.82, 2.24) is 10.2 Å². The number of hydrogen-bond donors (Lipinski definition) is 2. The highest BCUT2D eigenvalue weighted by molar-refractivity contribution is 5.99. The van der Waals surface area contributed by atoms with E-state index in [1.54, 1.807) is 6.92 Å². The minimum Gasteiger partial charge on any atom is -0.481 e. The van der Waals surface area contributed by atoms with Crippen molar-refractivity contribution in [2.45, 2.75) is 13.3 Å². The third-order valence-electron chi connectivity index (χ3n) is 2.81. The van der Waals surface area contributed by atoms with E-state index in [1.807, 2.05) is 0 Å². The first-order chi connectivity index (χ1) is 9.02. The van der Waals surface area contributed by atoms with Gasteiger partial charge in [-0.3, -0.25) is 19.6 Å². The number of aromatic nitrogens is 2. The molecule has 1 fully saturated rings. The molecule has 0 saturated carbocycles. The van der Waals surface area contributed by atoms with Gasteiger partial charge in [0, 0.05) is 19.0 Å². The van der Waals surface area contributed by atoms with E-state index in [4.69, 9.17) is 9.84 Å². The standard InChI is InChI=1S/C11H13N3O5/c1-2-19-11(18)7-4-8(13-12-7)14-5-6(10(16)17)3-9(14)15/h4,6H,2-3,5H2,1H3,(H,12,13)(H,16,17). The summed E-state index contributed by atoms with van der Waals surface area (Å²) in [4.78, 5) is 35.2. The number of nitrogens with one attached hydrogen (secondary N) is 1. The highest BCUT2D eigenvalue weighted by Gasteiger charge is 2.36. The van der Waals surface area contributed by atoms with Gasteiger partial charge in [-0.1, -0.05) is 0 Å². The highest BCUT2D eigenvalue weighted by Crippen LogP contribution is 2.24. The van der Waals surface area contributed by atoms with E-state index in [0.717, 1.165) is 0 Å². The Kier molecular flexibility index (Phi) is 3.50. The van der Waals surface area contributed by atoms with Gasteiger partial charge < -0.3 is 9.84 Å². The van der Waals surface area contributed by atoms with Gasteiger partial charge in [-0.25, -0.2) is 4.79 Å². The molecular weight excluding hydrogens is 254 g/mol. The van der Waals surface area contributed by atoms with E-state index in [1.165, 1.54) is 11.0 Å². The van der Waals surface area contributed by atoms with Crippen molar-refractivity contribution < 1.29 is 24.2 Å². The maximum absolute atomic E-state index is 11.7. The summed E-state index contributed by atoms with van der Waals surface area (Å²) in [5, 5.41) is 15.2. The maximum atomic E-state index is 11.7. The molecular formula is C11H13N3O5. The predicted molar refractivity (Wildman–Crippen MR) is 62.6 cm³/mol. The molecule has 2 heterocycles. The second-order valence-electron chi connectivity index (χ2n) is 4.10. The van der Waals surface area contributed by atoms with Crippen LogP contribution in [0.4, 0.5) is 5.82 Å². The van der Waals surface area contributed by atoms with Crippen molar-refractivity contribution in [2.24, 2.45) is 5.92 Å². The average molecular weight is 267 g/mol. The molecule has 2 N–H and O–H groups in total. The number of carbonyl (C=O) groups excluding carboxylic acids is 2. The minimum absolute atomic E-state index is 0.0568. The van der Waals surface area contributed by atoms with Crippen molar-refractivity contribution in [1.29, 1.82) is 0 Å². The molecule has 1 atom stereocenters. The molecule has 102 valence electrons. The van der Waals surface area contributed by atoms with Gasteiger partial charge in [-0.15, -0.1) is 0 Å². The molecule has 1 aliphatic rings. The summed E-state index contributed by atoms with van der Waals surface area (Å²) < 4.78 is 4.78. The second-order valence-corrected chi connectivity index (χ2v) is 4.10. The van der Waals surface area contributed by atoms with Crippen molar-refractivity contribution in [3.63, 3.8) is 0 Å². The van der Waals surface area contributed by atoms with Crippen LogP contribution in [0.5, 0.6) is 0 Å². The van der Waals surface area contributed by atoms with Gasteiger partial charge in [-0.05, 0) is 6.92 Å². The zero-order valence-electron chi connectivity index (χ0n) is 10.3. The molecule has 8 heteroatoms. The zero-order valence-corrected chi connectivity index (χ0v) is 10.3. The van der Waals surface area contributed by atoms with Crippen LogP contribution in [0.1, 0.15) is 23.8 Å². The van der Waals surface area contributed by atoms with Gasteiger partial charge in [0.1, 0.15) is 5.69 Å². The van der Waals surface area contributed by atoms with Crippen molar-refractivity contribution >= 4 is 23.7 Å². The van der Waals surface area contributed by atoms with E-state index in [2.05, 4.69) is 10.2 Å². The fraction of sp³-hybridized carbons (Fsp3) is 0.455. The molecule has 0 aromatic carbocycles. The van der Waals surface area contributed by atoms with Gasteiger partial charge in [0.15, 0.2) is 5.82 Å². The van der Waals surface area contributed by atoms with Crippen LogP contribution in [0.3, 0.4) is 0 Å². The fourth-order valence-corrected chi connectivity index (χ4v) is 1.86. The van der Waals surface area contributed by atoms with E-state index in [9.17, 15) is 14.4 Å². The van der Waals surface area contributed by atoms with E-state index in [-0.39, 0.29) is 37.0 Å². The van der Waals surface area contributed by atoms with E-state index < -0.39 is 17.9 Å². The van der Waals surface area contributed by atoms with Crippen LogP contribution in [-0.2, 0) is 14.3 Å². The van der Waals surface area contributed by atoms with Crippen molar-refractivity contribution in [3.8, 4) is 0 Å². The Labute approximate surface area is 108 Å². The monoisotopic (exact) mass is 267 g/mol. The predicted octanol–water partition coefficient (Wildman–Crippen LogP) is 0.0239. The summed E-state index contributed by atoms with van der Waals surface area (Å²) in [5.74, 6) is -2.42. The lowest BCUT2D eigenvalue weighted by atomic mass is 10.1. The lowest BCUT2D eigenvalue weighted by molar-refractivity contribution is -0.141. The largest absolute Gasteiger partial charge is 0.481 e. The number of amides is 1. The molecule has 2 rings (SSSR count). The van der Waals surface area contributed by atoms with Gasteiger partial charge >= 0.3 is 11.9 Å². The van der Waals surface area contributed by atoms with Crippen molar-refractivity contribution in [2.75, 3.05) is 18.1 Å². The Bertz CT molecular complexity index is 524. The third-order valence-corrected chi connectivity index (χ3v) is 2.81. The second kappa shape index (κ2) is 5.09. The summed E-state index contributed by atoms with van der Waals surface area (Å²) in [6, 6.07) is 1.38. The first kappa shape index (κ1) is 13.1. The number of carboxylic acids is 1. The molecule has 19 heavy (non-hydrogen) atoms. The maximum Gasteiger partial charge on any atom is 0.356 e. The molecule has 0 spiro atoms. The van der Waals surface area contributed by atoms with E-state index >= 15 is 0 Å². The van der Waals surface area contributed by atoms with Crippen LogP contribution in [0.2, 0.25) is 0 Å². The molecule has 0 bridgehead atoms. The zero-order chi connectivity index (χ0) is 14.0. The molecule has 1 saturated heterocycles. The summed E-state index contributed by atoms with van der Waals surface area (Å²) in [5.41, 5.74) is 0.128. The molecule has 1 amide bonds. The van der Waals surface area contributed by atoms with Gasteiger partial charge in [0.2, 0.25) is 5.91 Å². The summed E-state index contributed by atoms with van der Waals surface area (Å²) in [6.07, 6.45) is -0.0586. The lowest BCUT2D eigenvalue weighted by Crippen LogP contribution is -2.26. The quantitative estimate of drug-likeness (QED) is 0.744. The number of nitrogens with zero attached hydrogens (tertiary/aromatic N) is 2. The summed E-state index contributed by atoms with van der Waals surface area (Å²) in [7, 11) is 0. The highest BCUT2D eigenvalue weighted by atomic mass is 16.5. The Hall–Kier alpha value is -2.38. The van der Waals surface area contributed by atoms with Crippen LogP contribution < -0.4 is 4.90 Å². The number of aromatic amines is 1. The normalized spacial score (nSPS) is 18.7. The SMILES string of the molecule is CCOC(=O)c1cc(N2CC(C(=O)O)CC2=O)n[nH]1. The molecule has 1 aromatic heterocycles. The Morgan fingerprint density at radius 1 is 1.63 bits per heavy atom. The number of carboxylic acid groups (broad SMARTS) is 1. The molecule has 1 unspecified atom stereocenters. The van der Waals surface area contributed by atoms with Gasteiger partial charge in [0.05, 0.1) is 12.5 Å². The van der Waals surface area contributed by atoms with Crippen molar-refractivity contribution in [3.05, 3.63) is 11.8 Å². The van der Waals surface area contributed by atoms with Crippen LogP contribution in [0, 0.1) is 5.92 Å². The number of ether oxygens (including phenoxy) is 1. The Morgan fingerprint density at radius 2 is 2.37 bits per heavy atom. The van der Waals surface area contributed by atoms with Crippen LogP contribution in [0.15, 0.2) is 6.07 Å². The van der Waals surface area contributed by atoms with Crippen LogP contribution >= 0.6 is 0 Å². The first-order valence-corrected chi connectivity index (χ1v) is 5.78. The molecule has 1 aromatic rings. The number of aliphatic carboxylic acids is 1. The summed E-state index contributed by atoms with van der Waals surface area (Å²) in [6.45, 7) is 1.97. The third kappa shape index (κ3) is 2.56. The Balaban J connectivity index is 2.13. The van der Waals surface area contributed by atoms with E-state index in [0.29, 0.717) is 0 Å². The fourth-order valence-electron chi connectivity index (χ4n) is 1.86. The average Bonchev–Trinajstić information content (AvgIpc) is 2.95. The molecule has 1 aliphatic heterocycles. The number of carbonyl (C=O) groups is 3. The molecule has 0 aliphatic carbocycles. The number of anilines is 1. The molecule has 0 radical (unpaired) electrons. The smallest absolute Gasteiger partial charge is 0.356 e. The molecule has 8 nitrogen and oxygen atoms in total. The summed E-state index contributed by atoms with van der Waals surface area (Å²) >= 11 is 0. The number of esters is 1. The lowest BCUT2D eigenvalue weighted by Gasteiger charge is -2.11. The van der Waals surface area contributed by atoms with Gasteiger partial charge in [-0.2, -0.15) is 5.10 Å². The van der Waals surface area contributed by atoms with Crippen LogP contribution in [0.25, 0.3) is 0 Å². The topological polar surface area (TPSA) is 113 Å². The Morgan fingerprint density at radius 3 is 2.95 bits per heavy atom. The first-order valence-electron chi connectivity index (χ1n) is 5.78. The minimum atomic E-state index is -1.02. The number of rotatable bonds is 4. The number of hydrogen-bond acceptors (Lipinski definition) is 5. The van der Waals surface area contributed by atoms with Crippen LogP contribution in [-0.4, -0.2) is 46.3 Å². The van der Waals surface area contributed by atoms with Gasteiger partial charge in [0.25, 0.3) is 0 Å².